The minimum Gasteiger partial charge on any atom is -0.481 e. The zero-order valence-corrected chi connectivity index (χ0v) is 12.0. The second-order valence-electron chi connectivity index (χ2n) is 5.19. The molecule has 0 aliphatic carbocycles. The van der Waals surface area contributed by atoms with Crippen molar-refractivity contribution in [2.45, 2.75) is 44.8 Å². The highest BCUT2D eigenvalue weighted by atomic mass is 16.5. The standard InChI is InChI=1S/C16H23NO3/c1-2-15(20-14-9-4-3-5-10-14)16(19)17-11-7-6-8-13(17)12-18/h3-5,9-10,13,15,18H,2,6-8,11-12H2,1H3. The van der Waals surface area contributed by atoms with Crippen LogP contribution in [0.1, 0.15) is 32.6 Å². The van der Waals surface area contributed by atoms with Gasteiger partial charge in [0.25, 0.3) is 5.91 Å². The molecule has 110 valence electrons. The van der Waals surface area contributed by atoms with E-state index in [1.54, 1.807) is 4.90 Å². The first-order chi connectivity index (χ1) is 9.76. The normalized spacial score (nSPS) is 20.5. The number of carbonyl (C=O) groups excluding carboxylic acids is 1. The highest BCUT2D eigenvalue weighted by Crippen LogP contribution is 2.20. The van der Waals surface area contributed by atoms with Crippen molar-refractivity contribution in [3.63, 3.8) is 0 Å². The van der Waals surface area contributed by atoms with Crippen LogP contribution in [0.25, 0.3) is 0 Å². The summed E-state index contributed by atoms with van der Waals surface area (Å²) in [5.41, 5.74) is 0. The van der Waals surface area contributed by atoms with Crippen LogP contribution in [-0.4, -0.2) is 41.2 Å². The fraction of sp³-hybridized carbons (Fsp3) is 0.562. The van der Waals surface area contributed by atoms with Gasteiger partial charge in [0, 0.05) is 6.54 Å². The lowest BCUT2D eigenvalue weighted by molar-refractivity contribution is -0.143. The number of aliphatic hydroxyl groups is 1. The molecule has 4 heteroatoms. The van der Waals surface area contributed by atoms with Crippen LogP contribution in [0.5, 0.6) is 5.75 Å². The third-order valence-electron chi connectivity index (χ3n) is 3.79. The van der Waals surface area contributed by atoms with Gasteiger partial charge in [-0.1, -0.05) is 25.1 Å². The number of nitrogens with zero attached hydrogens (tertiary/aromatic N) is 1. The van der Waals surface area contributed by atoms with E-state index >= 15 is 0 Å². The second-order valence-corrected chi connectivity index (χ2v) is 5.19. The maximum absolute atomic E-state index is 12.6. The van der Waals surface area contributed by atoms with Gasteiger partial charge in [0.15, 0.2) is 6.10 Å². The lowest BCUT2D eigenvalue weighted by Crippen LogP contribution is -2.50. The van der Waals surface area contributed by atoms with Gasteiger partial charge in [-0.3, -0.25) is 4.79 Å². The molecule has 1 saturated heterocycles. The zero-order valence-electron chi connectivity index (χ0n) is 12.0. The number of hydrogen-bond acceptors (Lipinski definition) is 3. The van der Waals surface area contributed by atoms with E-state index < -0.39 is 6.10 Å². The second kappa shape index (κ2) is 7.29. The molecule has 4 nitrogen and oxygen atoms in total. The summed E-state index contributed by atoms with van der Waals surface area (Å²) >= 11 is 0. The van der Waals surface area contributed by atoms with Crippen LogP contribution in [0, 0.1) is 0 Å². The van der Waals surface area contributed by atoms with Crippen molar-refractivity contribution in [3.8, 4) is 5.75 Å². The molecule has 0 saturated carbocycles. The molecule has 1 amide bonds. The zero-order chi connectivity index (χ0) is 14.4. The van der Waals surface area contributed by atoms with Gasteiger partial charge >= 0.3 is 0 Å². The Morgan fingerprint density at radius 2 is 2.15 bits per heavy atom. The van der Waals surface area contributed by atoms with E-state index in [1.165, 1.54) is 0 Å². The van der Waals surface area contributed by atoms with Crippen molar-refractivity contribution in [3.05, 3.63) is 30.3 Å². The molecular weight excluding hydrogens is 254 g/mol. The van der Waals surface area contributed by atoms with Gasteiger partial charge in [-0.15, -0.1) is 0 Å². The molecule has 0 aromatic heterocycles. The Kier molecular flexibility index (Phi) is 5.41. The summed E-state index contributed by atoms with van der Waals surface area (Å²) in [6.45, 7) is 2.70. The SMILES string of the molecule is CCC(Oc1ccccc1)C(=O)N1CCCCC1CO. The van der Waals surface area contributed by atoms with E-state index in [0.29, 0.717) is 12.2 Å². The predicted octanol–water partition coefficient (Wildman–Crippen LogP) is 2.22. The van der Waals surface area contributed by atoms with Crippen molar-refractivity contribution in [2.24, 2.45) is 0 Å². The first-order valence-corrected chi connectivity index (χ1v) is 7.39. The van der Waals surface area contributed by atoms with Gasteiger partial charge in [0.05, 0.1) is 12.6 Å². The number of piperidine rings is 1. The van der Waals surface area contributed by atoms with E-state index in [1.807, 2.05) is 37.3 Å². The molecule has 2 rings (SSSR count). The van der Waals surface area contributed by atoms with Crippen LogP contribution < -0.4 is 4.74 Å². The number of hydrogen-bond donors (Lipinski definition) is 1. The number of carbonyl (C=O) groups is 1. The smallest absolute Gasteiger partial charge is 0.263 e. The van der Waals surface area contributed by atoms with Gasteiger partial charge in [-0.2, -0.15) is 0 Å². The fourth-order valence-electron chi connectivity index (χ4n) is 2.64. The molecular formula is C16H23NO3. The summed E-state index contributed by atoms with van der Waals surface area (Å²) in [5.74, 6) is 0.709. The molecule has 1 fully saturated rings. The average molecular weight is 277 g/mol. The van der Waals surface area contributed by atoms with E-state index in [-0.39, 0.29) is 18.6 Å². The maximum Gasteiger partial charge on any atom is 0.263 e. The number of rotatable bonds is 5. The van der Waals surface area contributed by atoms with Crippen LogP contribution in [0.3, 0.4) is 0 Å². The summed E-state index contributed by atoms with van der Waals surface area (Å²) < 4.78 is 5.80. The number of amides is 1. The van der Waals surface area contributed by atoms with Gasteiger partial charge in [0.2, 0.25) is 0 Å². The first-order valence-electron chi connectivity index (χ1n) is 7.39. The van der Waals surface area contributed by atoms with Gasteiger partial charge < -0.3 is 14.7 Å². The number of likely N-dealkylation sites (tertiary alicyclic amines) is 1. The summed E-state index contributed by atoms with van der Waals surface area (Å²) in [7, 11) is 0. The van der Waals surface area contributed by atoms with Crippen LogP contribution >= 0.6 is 0 Å². The highest BCUT2D eigenvalue weighted by Gasteiger charge is 2.31. The molecule has 0 spiro atoms. The van der Waals surface area contributed by atoms with Crippen molar-refractivity contribution in [2.75, 3.05) is 13.2 Å². The summed E-state index contributed by atoms with van der Waals surface area (Å²) in [6, 6.07) is 9.37. The summed E-state index contributed by atoms with van der Waals surface area (Å²) in [6.07, 6.45) is 3.12. The number of para-hydroxylation sites is 1. The largest absolute Gasteiger partial charge is 0.481 e. The van der Waals surface area contributed by atoms with Gasteiger partial charge in [-0.05, 0) is 37.8 Å². The molecule has 1 heterocycles. The van der Waals surface area contributed by atoms with Crippen LogP contribution in [0.4, 0.5) is 0 Å². The van der Waals surface area contributed by atoms with Crippen molar-refractivity contribution >= 4 is 5.91 Å². The molecule has 2 unspecified atom stereocenters. The molecule has 1 aliphatic rings. The van der Waals surface area contributed by atoms with Crippen LogP contribution in [-0.2, 0) is 4.79 Å². The third-order valence-corrected chi connectivity index (χ3v) is 3.79. The minimum absolute atomic E-state index is 0.00453. The number of ether oxygens (including phenoxy) is 1. The monoisotopic (exact) mass is 277 g/mol. The maximum atomic E-state index is 12.6. The average Bonchev–Trinajstić information content (AvgIpc) is 2.53. The molecule has 1 aromatic carbocycles. The summed E-state index contributed by atoms with van der Waals surface area (Å²) in [4.78, 5) is 14.4. The Balaban J connectivity index is 2.04. The number of benzene rings is 1. The lowest BCUT2D eigenvalue weighted by atomic mass is 10.0. The quantitative estimate of drug-likeness (QED) is 0.897. The topological polar surface area (TPSA) is 49.8 Å². The Labute approximate surface area is 120 Å². The molecule has 2 atom stereocenters. The van der Waals surface area contributed by atoms with E-state index in [9.17, 15) is 9.90 Å². The van der Waals surface area contributed by atoms with Gasteiger partial charge in [-0.25, -0.2) is 0 Å². The first kappa shape index (κ1) is 14.9. The van der Waals surface area contributed by atoms with E-state index in [0.717, 1.165) is 25.8 Å². The highest BCUT2D eigenvalue weighted by molar-refractivity contribution is 5.81. The van der Waals surface area contributed by atoms with Crippen molar-refractivity contribution < 1.29 is 14.6 Å². The van der Waals surface area contributed by atoms with Crippen molar-refractivity contribution in [1.29, 1.82) is 0 Å². The Bertz CT molecular complexity index is 421. The molecule has 1 N–H and O–H groups in total. The van der Waals surface area contributed by atoms with E-state index in [4.69, 9.17) is 4.74 Å². The van der Waals surface area contributed by atoms with Crippen LogP contribution in [0.2, 0.25) is 0 Å². The molecule has 1 aromatic rings. The molecule has 1 aliphatic heterocycles. The molecule has 0 radical (unpaired) electrons. The predicted molar refractivity (Wildman–Crippen MR) is 77.6 cm³/mol. The van der Waals surface area contributed by atoms with E-state index in [2.05, 4.69) is 0 Å². The minimum atomic E-state index is -0.468. The van der Waals surface area contributed by atoms with Crippen LogP contribution in [0.15, 0.2) is 30.3 Å². The number of aliphatic hydroxyl groups excluding tert-OH is 1. The lowest BCUT2D eigenvalue weighted by Gasteiger charge is -2.36. The van der Waals surface area contributed by atoms with Crippen molar-refractivity contribution in [1.82, 2.24) is 4.90 Å². The van der Waals surface area contributed by atoms with Gasteiger partial charge in [0.1, 0.15) is 5.75 Å². The Morgan fingerprint density at radius 1 is 1.40 bits per heavy atom. The Hall–Kier alpha value is -1.55. The summed E-state index contributed by atoms with van der Waals surface area (Å²) in [5, 5.41) is 9.42. The molecule has 0 bridgehead atoms. The molecule has 20 heavy (non-hydrogen) atoms. The Morgan fingerprint density at radius 3 is 2.80 bits per heavy atom. The third kappa shape index (κ3) is 3.51. The fourth-order valence-corrected chi connectivity index (χ4v) is 2.64.